The number of hydrogen-bond acceptors (Lipinski definition) is 6. The van der Waals surface area contributed by atoms with Crippen molar-refractivity contribution in [3.63, 3.8) is 0 Å². The van der Waals surface area contributed by atoms with Crippen LogP contribution in [0.3, 0.4) is 0 Å². The van der Waals surface area contributed by atoms with Gasteiger partial charge in [-0.3, -0.25) is 4.57 Å². The normalized spacial score (nSPS) is 12.6. The van der Waals surface area contributed by atoms with Crippen molar-refractivity contribution < 1.29 is 8.42 Å². The summed E-state index contributed by atoms with van der Waals surface area (Å²) in [5.41, 5.74) is 0.0587. The van der Waals surface area contributed by atoms with Crippen LogP contribution in [0.4, 0.5) is 0 Å². The second kappa shape index (κ2) is 4.53. The summed E-state index contributed by atoms with van der Waals surface area (Å²) in [6, 6.07) is 1.67. The Morgan fingerprint density at radius 2 is 1.89 bits per heavy atom. The van der Waals surface area contributed by atoms with E-state index in [-0.39, 0.29) is 5.16 Å². The predicted molar refractivity (Wildman–Crippen MR) is 69.1 cm³/mol. The van der Waals surface area contributed by atoms with Gasteiger partial charge in [-0.05, 0) is 26.8 Å². The molecule has 2 aromatic heterocycles. The molecule has 2 heterocycles. The largest absolute Gasteiger partial charge is 0.296 e. The van der Waals surface area contributed by atoms with Crippen LogP contribution < -0.4 is 0 Å². The highest BCUT2D eigenvalue weighted by Gasteiger charge is 2.30. The first-order chi connectivity index (χ1) is 8.71. The molecule has 0 unspecified atom stereocenters. The molecule has 0 atom stereocenters. The highest BCUT2D eigenvalue weighted by Crippen LogP contribution is 2.28. The van der Waals surface area contributed by atoms with Gasteiger partial charge in [0.15, 0.2) is 5.82 Å². The van der Waals surface area contributed by atoms with Crippen molar-refractivity contribution in [1.82, 2.24) is 25.0 Å². The minimum absolute atomic E-state index is 0.284. The van der Waals surface area contributed by atoms with E-state index in [1.165, 1.54) is 17.0 Å². The number of halogens is 1. The molecule has 0 radical (unpaired) electrons. The summed E-state index contributed by atoms with van der Waals surface area (Å²) in [6.45, 7) is 5.50. The lowest BCUT2D eigenvalue weighted by atomic mass is 10.1. The molecule has 0 fully saturated rings. The molecule has 0 saturated heterocycles. The first-order valence-corrected chi connectivity index (χ1v) is 7.70. The Balaban J connectivity index is 2.75. The lowest BCUT2D eigenvalue weighted by Gasteiger charge is -2.23. The van der Waals surface area contributed by atoms with Crippen LogP contribution in [0.25, 0.3) is 11.4 Å². The molecule has 7 nitrogen and oxygen atoms in total. The monoisotopic (exact) mass is 301 g/mol. The maximum atomic E-state index is 11.6. The number of aromatic nitrogens is 5. The molecule has 0 saturated carbocycles. The third kappa shape index (κ3) is 2.74. The molecule has 19 heavy (non-hydrogen) atoms. The van der Waals surface area contributed by atoms with Gasteiger partial charge in [0.2, 0.25) is 0 Å². The summed E-state index contributed by atoms with van der Waals surface area (Å²) in [5.74, 6) is 0.377. The quantitative estimate of drug-likeness (QED) is 0.779. The van der Waals surface area contributed by atoms with Gasteiger partial charge in [0, 0.05) is 21.8 Å². The zero-order valence-corrected chi connectivity index (χ0v) is 12.1. The SMILES string of the molecule is CC(C)(C)n1c(-c2ccnnc2)nnc1S(=O)(=O)Cl. The first kappa shape index (κ1) is 13.9. The molecule has 0 spiro atoms. The summed E-state index contributed by atoms with van der Waals surface area (Å²) in [6.07, 6.45) is 2.97. The Kier molecular flexibility index (Phi) is 3.31. The standard InChI is InChI=1S/C10H12ClN5O2S/c1-10(2,3)16-8(7-4-5-12-13-6-7)14-15-9(16)19(11,17)18/h4-6H,1-3H3. The molecule has 0 aliphatic rings. The average molecular weight is 302 g/mol. The molecular formula is C10H12ClN5O2S. The molecule has 102 valence electrons. The van der Waals surface area contributed by atoms with E-state index < -0.39 is 14.6 Å². The Bertz CT molecular complexity index is 690. The van der Waals surface area contributed by atoms with Crippen molar-refractivity contribution >= 4 is 19.7 Å². The van der Waals surface area contributed by atoms with Gasteiger partial charge >= 0.3 is 0 Å². The van der Waals surface area contributed by atoms with Gasteiger partial charge in [0.05, 0.1) is 12.4 Å². The van der Waals surface area contributed by atoms with Gasteiger partial charge in [-0.15, -0.1) is 10.2 Å². The molecule has 0 amide bonds. The number of nitrogens with zero attached hydrogens (tertiary/aromatic N) is 5. The van der Waals surface area contributed by atoms with Crippen LogP contribution in [0.15, 0.2) is 23.6 Å². The van der Waals surface area contributed by atoms with E-state index in [4.69, 9.17) is 10.7 Å². The van der Waals surface area contributed by atoms with Gasteiger partial charge in [0.25, 0.3) is 14.2 Å². The van der Waals surface area contributed by atoms with Gasteiger partial charge in [-0.2, -0.15) is 10.2 Å². The summed E-state index contributed by atoms with van der Waals surface area (Å²) in [7, 11) is 1.41. The smallest absolute Gasteiger partial charge is 0.291 e. The molecule has 2 rings (SSSR count). The van der Waals surface area contributed by atoms with E-state index in [9.17, 15) is 8.42 Å². The molecule has 0 bridgehead atoms. The van der Waals surface area contributed by atoms with Gasteiger partial charge in [0.1, 0.15) is 0 Å². The van der Waals surface area contributed by atoms with Crippen molar-refractivity contribution in [3.05, 3.63) is 18.5 Å². The molecule has 9 heteroatoms. The van der Waals surface area contributed by atoms with E-state index in [1.807, 2.05) is 20.8 Å². The first-order valence-electron chi connectivity index (χ1n) is 5.39. The summed E-state index contributed by atoms with van der Waals surface area (Å²) in [5, 5.41) is 14.7. The molecule has 0 aliphatic carbocycles. The van der Waals surface area contributed by atoms with Crippen LogP contribution in [0.5, 0.6) is 0 Å². The molecule has 0 N–H and O–H groups in total. The Morgan fingerprint density at radius 3 is 2.37 bits per heavy atom. The highest BCUT2D eigenvalue weighted by molar-refractivity contribution is 8.13. The van der Waals surface area contributed by atoms with Gasteiger partial charge in [-0.1, -0.05) is 0 Å². The van der Waals surface area contributed by atoms with E-state index >= 15 is 0 Å². The topological polar surface area (TPSA) is 90.6 Å². The van der Waals surface area contributed by atoms with E-state index in [0.29, 0.717) is 11.4 Å². The molecule has 0 aromatic carbocycles. The maximum Gasteiger partial charge on any atom is 0.296 e. The minimum atomic E-state index is -3.98. The van der Waals surface area contributed by atoms with Gasteiger partial charge in [-0.25, -0.2) is 8.42 Å². The lowest BCUT2D eigenvalue weighted by molar-refractivity contribution is 0.367. The van der Waals surface area contributed by atoms with Crippen LogP contribution in [0, 0.1) is 0 Å². The van der Waals surface area contributed by atoms with Crippen LogP contribution >= 0.6 is 10.7 Å². The maximum absolute atomic E-state index is 11.6. The minimum Gasteiger partial charge on any atom is -0.291 e. The molecule has 2 aromatic rings. The zero-order chi connectivity index (χ0) is 14.3. The summed E-state index contributed by atoms with van der Waals surface area (Å²) >= 11 is 0. The van der Waals surface area contributed by atoms with Crippen LogP contribution in [-0.4, -0.2) is 33.4 Å². The predicted octanol–water partition coefficient (Wildman–Crippen LogP) is 1.42. The second-order valence-corrected chi connectivity index (χ2v) is 7.34. The van der Waals surface area contributed by atoms with Crippen molar-refractivity contribution in [2.75, 3.05) is 0 Å². The van der Waals surface area contributed by atoms with Crippen molar-refractivity contribution in [1.29, 1.82) is 0 Å². The van der Waals surface area contributed by atoms with E-state index in [2.05, 4.69) is 20.4 Å². The van der Waals surface area contributed by atoms with Crippen LogP contribution in [0.2, 0.25) is 0 Å². The van der Waals surface area contributed by atoms with Crippen molar-refractivity contribution in [3.8, 4) is 11.4 Å². The average Bonchev–Trinajstić information content (AvgIpc) is 2.74. The van der Waals surface area contributed by atoms with Crippen molar-refractivity contribution in [2.45, 2.75) is 31.5 Å². The zero-order valence-electron chi connectivity index (χ0n) is 10.6. The Morgan fingerprint density at radius 1 is 1.21 bits per heavy atom. The second-order valence-electron chi connectivity index (χ2n) is 4.88. The van der Waals surface area contributed by atoms with E-state index in [0.717, 1.165) is 0 Å². The van der Waals surface area contributed by atoms with Crippen molar-refractivity contribution in [2.24, 2.45) is 0 Å². The van der Waals surface area contributed by atoms with Gasteiger partial charge < -0.3 is 0 Å². The highest BCUT2D eigenvalue weighted by atomic mass is 35.7. The Hall–Kier alpha value is -1.54. The Labute approximate surface area is 115 Å². The molecular weight excluding hydrogens is 290 g/mol. The third-order valence-corrected chi connectivity index (χ3v) is 3.48. The fourth-order valence-electron chi connectivity index (χ4n) is 1.64. The lowest BCUT2D eigenvalue weighted by Crippen LogP contribution is -2.25. The molecule has 0 aliphatic heterocycles. The fraction of sp³-hybridized carbons (Fsp3) is 0.400. The third-order valence-electron chi connectivity index (χ3n) is 2.36. The van der Waals surface area contributed by atoms with Crippen LogP contribution in [0.1, 0.15) is 20.8 Å². The number of hydrogen-bond donors (Lipinski definition) is 0. The fourth-order valence-corrected chi connectivity index (χ4v) is 2.66. The summed E-state index contributed by atoms with van der Waals surface area (Å²) in [4.78, 5) is 0. The number of rotatable bonds is 2. The van der Waals surface area contributed by atoms with E-state index in [1.54, 1.807) is 6.07 Å². The van der Waals surface area contributed by atoms with Crippen LogP contribution in [-0.2, 0) is 14.6 Å². The summed E-state index contributed by atoms with van der Waals surface area (Å²) < 4.78 is 24.6.